The highest BCUT2D eigenvalue weighted by molar-refractivity contribution is 5.83. The van der Waals surface area contributed by atoms with Crippen LogP contribution in [0.3, 0.4) is 0 Å². The first-order valence-corrected chi connectivity index (χ1v) is 22.5. The van der Waals surface area contributed by atoms with Crippen LogP contribution in [0.4, 0.5) is 0 Å². The zero-order valence-electron chi connectivity index (χ0n) is 38.3. The predicted octanol–water partition coefficient (Wildman–Crippen LogP) is 16.4. The number of benzene rings is 6. The summed E-state index contributed by atoms with van der Waals surface area (Å²) in [5, 5.41) is 2.69. The predicted molar refractivity (Wildman–Crippen MR) is 259 cm³/mol. The highest BCUT2D eigenvalue weighted by Crippen LogP contribution is 2.31. The van der Waals surface area contributed by atoms with Gasteiger partial charge in [0, 0.05) is 0 Å². The van der Waals surface area contributed by atoms with E-state index in [-0.39, 0.29) is 0 Å². The van der Waals surface area contributed by atoms with Crippen LogP contribution in [-0.2, 0) is 38.5 Å². The van der Waals surface area contributed by atoms with Crippen molar-refractivity contribution in [2.45, 2.75) is 121 Å². The Morgan fingerprint density at radius 1 is 0.397 bits per heavy atom. The second-order valence-corrected chi connectivity index (χ2v) is 18.5. The van der Waals surface area contributed by atoms with Gasteiger partial charge in [-0.2, -0.15) is 0 Å². The summed E-state index contributed by atoms with van der Waals surface area (Å²) in [7, 11) is 0. The van der Waals surface area contributed by atoms with Gasteiger partial charge in [-0.05, 0) is 132 Å². The molecule has 0 heterocycles. The molecule has 0 heteroatoms. The Balaban J connectivity index is 0.000000195. The summed E-state index contributed by atoms with van der Waals surface area (Å²) in [6.07, 6.45) is 8.68. The van der Waals surface area contributed by atoms with Crippen LogP contribution in [0.1, 0.15) is 115 Å². The normalized spacial score (nSPS) is 11.9. The molecule has 0 N–H and O–H groups in total. The number of hydrogen-bond donors (Lipinski definition) is 0. The zero-order valence-corrected chi connectivity index (χ0v) is 38.3. The third-order valence-corrected chi connectivity index (χ3v) is 10.5. The lowest BCUT2D eigenvalue weighted by Gasteiger charge is -2.12. The van der Waals surface area contributed by atoms with Crippen molar-refractivity contribution in [1.29, 1.82) is 0 Å². The third kappa shape index (κ3) is 19.8. The van der Waals surface area contributed by atoms with Crippen molar-refractivity contribution in [1.82, 2.24) is 0 Å². The molecule has 58 heavy (non-hydrogen) atoms. The Hall–Kier alpha value is -4.42. The SMILES string of the molecule is CC(C)C1Cc2ccccc2C1.CC(C)CCc1ccccc1.CC(C)Cc1ccc2ccccc2c1.CC(C)Cc1ccccc1.Cc1cccc(CC(C)C)c1. The Bertz CT molecular complexity index is 1920. The van der Waals surface area contributed by atoms with Crippen molar-refractivity contribution in [2.24, 2.45) is 35.5 Å². The number of fused-ring (bicyclic) bond motifs is 2. The maximum absolute atomic E-state index is 2.33. The molecule has 310 valence electrons. The molecule has 6 aromatic carbocycles. The highest BCUT2D eigenvalue weighted by atomic mass is 14.3. The summed E-state index contributed by atoms with van der Waals surface area (Å²) < 4.78 is 0. The van der Waals surface area contributed by atoms with Gasteiger partial charge in [-0.3, -0.25) is 0 Å². The first kappa shape index (κ1) is 48.0. The van der Waals surface area contributed by atoms with Gasteiger partial charge >= 0.3 is 0 Å². The van der Waals surface area contributed by atoms with Crippen molar-refractivity contribution >= 4 is 10.8 Å². The maximum atomic E-state index is 2.33. The van der Waals surface area contributed by atoms with E-state index >= 15 is 0 Å². The minimum Gasteiger partial charge on any atom is -0.0628 e. The molecule has 7 rings (SSSR count). The molecular formula is C58H78. The van der Waals surface area contributed by atoms with Crippen LogP contribution < -0.4 is 0 Å². The zero-order chi connectivity index (χ0) is 42.3. The van der Waals surface area contributed by atoms with Crippen molar-refractivity contribution in [3.8, 4) is 0 Å². The number of hydrogen-bond acceptors (Lipinski definition) is 0. The highest BCUT2D eigenvalue weighted by Gasteiger charge is 2.22. The van der Waals surface area contributed by atoms with Gasteiger partial charge in [-0.25, -0.2) is 0 Å². The third-order valence-electron chi connectivity index (χ3n) is 10.5. The monoisotopic (exact) mass is 775 g/mol. The van der Waals surface area contributed by atoms with Gasteiger partial charge in [0.05, 0.1) is 0 Å². The standard InChI is InChI=1S/C14H16.C12H16.2C11H16.C10H14/c1-11(2)9-12-7-8-13-5-3-4-6-14(13)10-12;1-9(2)12-7-10-5-3-4-6-11(10)8-12;1-9(2)7-11-6-4-5-10(3)8-11;1-10(2)8-9-11-6-4-3-5-7-11;1-9(2)8-10-6-4-3-5-7-10/h3-8,10-11H,9H2,1-2H3;3-6,9,12H,7-8H2,1-2H3;4-6,8-9H,7H2,1-3H3;3-7,10H,8-9H2,1-2H3;3-7,9H,8H2,1-2H3. The summed E-state index contributed by atoms with van der Waals surface area (Å²) in [6.45, 7) is 24.8. The average Bonchev–Trinajstić information content (AvgIpc) is 3.64. The van der Waals surface area contributed by atoms with E-state index in [0.29, 0.717) is 0 Å². The Morgan fingerprint density at radius 2 is 0.845 bits per heavy atom. The van der Waals surface area contributed by atoms with E-state index in [1.807, 2.05) is 0 Å². The second-order valence-electron chi connectivity index (χ2n) is 18.5. The van der Waals surface area contributed by atoms with E-state index in [9.17, 15) is 0 Å². The lowest BCUT2D eigenvalue weighted by Crippen LogP contribution is -2.07. The summed E-state index contributed by atoms with van der Waals surface area (Å²) in [4.78, 5) is 0. The van der Waals surface area contributed by atoms with E-state index in [4.69, 9.17) is 0 Å². The van der Waals surface area contributed by atoms with Crippen molar-refractivity contribution < 1.29 is 0 Å². The first-order chi connectivity index (χ1) is 27.8. The molecule has 0 aromatic heterocycles. The van der Waals surface area contributed by atoms with Gasteiger partial charge in [-0.1, -0.05) is 226 Å². The molecule has 0 saturated carbocycles. The van der Waals surface area contributed by atoms with Crippen LogP contribution in [0.15, 0.2) is 152 Å². The van der Waals surface area contributed by atoms with E-state index in [1.165, 1.54) is 83.5 Å². The van der Waals surface area contributed by atoms with Gasteiger partial charge in [0.2, 0.25) is 0 Å². The molecule has 1 aliphatic carbocycles. The van der Waals surface area contributed by atoms with Crippen LogP contribution in [0.2, 0.25) is 0 Å². The molecule has 0 unspecified atom stereocenters. The van der Waals surface area contributed by atoms with Gasteiger partial charge in [-0.15, -0.1) is 0 Å². The summed E-state index contributed by atoms with van der Waals surface area (Å²) >= 11 is 0. The van der Waals surface area contributed by atoms with Crippen molar-refractivity contribution in [3.05, 3.63) is 191 Å². The van der Waals surface area contributed by atoms with E-state index in [2.05, 4.69) is 228 Å². The molecule has 0 amide bonds. The minimum absolute atomic E-state index is 0.733. The van der Waals surface area contributed by atoms with E-state index in [0.717, 1.165) is 35.5 Å². The molecule has 6 aromatic rings. The molecule has 0 aliphatic heterocycles. The molecular weight excluding hydrogens is 697 g/mol. The second kappa shape index (κ2) is 26.6. The van der Waals surface area contributed by atoms with Crippen LogP contribution in [-0.4, -0.2) is 0 Å². The average molecular weight is 775 g/mol. The minimum atomic E-state index is 0.733. The van der Waals surface area contributed by atoms with Crippen LogP contribution in [0.25, 0.3) is 10.8 Å². The maximum Gasteiger partial charge on any atom is -0.0181 e. The summed E-state index contributed by atoms with van der Waals surface area (Å²) in [5.74, 6) is 4.80. The number of rotatable bonds is 10. The Labute approximate surface area is 356 Å². The molecule has 0 nitrogen and oxygen atoms in total. The molecule has 0 bridgehead atoms. The Morgan fingerprint density at radius 3 is 1.34 bits per heavy atom. The Kier molecular flexibility index (Phi) is 22.0. The lowest BCUT2D eigenvalue weighted by atomic mass is 9.93. The quantitative estimate of drug-likeness (QED) is 0.130. The van der Waals surface area contributed by atoms with Gasteiger partial charge in [0.25, 0.3) is 0 Å². The van der Waals surface area contributed by atoms with E-state index in [1.54, 1.807) is 11.1 Å². The molecule has 0 saturated heterocycles. The molecule has 1 aliphatic rings. The van der Waals surface area contributed by atoms with E-state index < -0.39 is 0 Å². The summed E-state index contributed by atoms with van der Waals surface area (Å²) in [5.41, 5.74) is 10.3. The van der Waals surface area contributed by atoms with Gasteiger partial charge in [0.15, 0.2) is 0 Å². The first-order valence-electron chi connectivity index (χ1n) is 22.5. The van der Waals surface area contributed by atoms with Crippen LogP contribution in [0.5, 0.6) is 0 Å². The fraction of sp³-hybridized carbons (Fsp3) is 0.414. The van der Waals surface area contributed by atoms with Crippen molar-refractivity contribution in [3.63, 3.8) is 0 Å². The molecule has 0 spiro atoms. The smallest absolute Gasteiger partial charge is 0.0181 e. The molecule has 0 atom stereocenters. The lowest BCUT2D eigenvalue weighted by molar-refractivity contribution is 0.404. The molecule has 0 fully saturated rings. The van der Waals surface area contributed by atoms with Crippen molar-refractivity contribution in [2.75, 3.05) is 0 Å². The molecule has 0 radical (unpaired) electrons. The van der Waals surface area contributed by atoms with Gasteiger partial charge in [0.1, 0.15) is 0 Å². The summed E-state index contributed by atoms with van der Waals surface area (Å²) in [6, 6.07) is 54.2. The fourth-order valence-electron chi connectivity index (χ4n) is 7.40. The number of aryl methyl sites for hydroxylation is 2. The topological polar surface area (TPSA) is 0 Å². The van der Waals surface area contributed by atoms with Crippen LogP contribution in [0, 0.1) is 42.4 Å². The fourth-order valence-corrected chi connectivity index (χ4v) is 7.40. The largest absolute Gasteiger partial charge is 0.0628 e. The van der Waals surface area contributed by atoms with Gasteiger partial charge < -0.3 is 0 Å². The van der Waals surface area contributed by atoms with Crippen LogP contribution >= 0.6 is 0 Å².